The van der Waals surface area contributed by atoms with Crippen LogP contribution in [0.15, 0.2) is 66.7 Å². The molecule has 4 rings (SSSR count). The molecule has 1 N–H and O–H groups in total. The summed E-state index contributed by atoms with van der Waals surface area (Å²) in [6, 6.07) is 16.9. The number of benzene rings is 3. The highest BCUT2D eigenvalue weighted by Crippen LogP contribution is 2.33. The SMILES string of the molecule is CCC(C(=O)N(CC)C(C(=O)Nc1c(C)cccc1C)c1ccccc1Cl)N1C(=O)c2ccccc2C1=O. The highest BCUT2D eigenvalue weighted by molar-refractivity contribution is 6.31. The molecule has 7 nitrogen and oxygen atoms in total. The van der Waals surface area contributed by atoms with Gasteiger partial charge in [-0.15, -0.1) is 0 Å². The summed E-state index contributed by atoms with van der Waals surface area (Å²) in [7, 11) is 0. The number of nitrogens with one attached hydrogen (secondary N) is 1. The number of imide groups is 1. The third-order valence-corrected chi connectivity index (χ3v) is 7.27. The molecule has 4 amide bonds. The molecule has 38 heavy (non-hydrogen) atoms. The number of carbonyl (C=O) groups is 4. The van der Waals surface area contributed by atoms with Gasteiger partial charge in [-0.25, -0.2) is 0 Å². The van der Waals surface area contributed by atoms with Gasteiger partial charge in [0.1, 0.15) is 12.1 Å². The van der Waals surface area contributed by atoms with Crippen molar-refractivity contribution in [2.75, 3.05) is 11.9 Å². The minimum absolute atomic E-state index is 0.147. The molecule has 0 saturated carbocycles. The molecule has 0 radical (unpaired) electrons. The van der Waals surface area contributed by atoms with Crippen LogP contribution in [-0.2, 0) is 9.59 Å². The molecule has 0 bridgehead atoms. The summed E-state index contributed by atoms with van der Waals surface area (Å²) in [6.07, 6.45) is 0.189. The third kappa shape index (κ3) is 4.82. The maximum absolute atomic E-state index is 14.1. The highest BCUT2D eigenvalue weighted by atomic mass is 35.5. The zero-order valence-corrected chi connectivity index (χ0v) is 22.6. The van der Waals surface area contributed by atoms with Crippen molar-refractivity contribution in [2.45, 2.75) is 46.2 Å². The largest absolute Gasteiger partial charge is 0.325 e. The molecule has 196 valence electrons. The number of rotatable bonds is 8. The van der Waals surface area contributed by atoms with Crippen LogP contribution in [-0.4, -0.2) is 46.0 Å². The van der Waals surface area contributed by atoms with Gasteiger partial charge in [0.2, 0.25) is 5.91 Å². The monoisotopic (exact) mass is 531 g/mol. The van der Waals surface area contributed by atoms with Crippen LogP contribution in [0.5, 0.6) is 0 Å². The van der Waals surface area contributed by atoms with Crippen molar-refractivity contribution in [3.05, 3.63) is 99.6 Å². The number of carbonyl (C=O) groups excluding carboxylic acids is 4. The van der Waals surface area contributed by atoms with Gasteiger partial charge in [0.15, 0.2) is 0 Å². The van der Waals surface area contributed by atoms with Crippen molar-refractivity contribution >= 4 is 40.9 Å². The fourth-order valence-corrected chi connectivity index (χ4v) is 5.21. The van der Waals surface area contributed by atoms with Gasteiger partial charge in [-0.3, -0.25) is 24.1 Å². The first-order valence-electron chi connectivity index (χ1n) is 12.6. The second-order valence-corrected chi connectivity index (χ2v) is 9.66. The van der Waals surface area contributed by atoms with E-state index in [0.717, 1.165) is 16.0 Å². The molecule has 0 saturated heterocycles. The fourth-order valence-electron chi connectivity index (χ4n) is 4.97. The maximum atomic E-state index is 14.1. The second-order valence-electron chi connectivity index (χ2n) is 9.25. The number of para-hydroxylation sites is 1. The van der Waals surface area contributed by atoms with Crippen LogP contribution in [0, 0.1) is 13.8 Å². The smallest absolute Gasteiger partial charge is 0.262 e. The van der Waals surface area contributed by atoms with Crippen molar-refractivity contribution < 1.29 is 19.2 Å². The van der Waals surface area contributed by atoms with Crippen LogP contribution < -0.4 is 5.32 Å². The topological polar surface area (TPSA) is 86.8 Å². The first-order chi connectivity index (χ1) is 18.2. The summed E-state index contributed by atoms with van der Waals surface area (Å²) in [5.74, 6) is -1.98. The molecular weight excluding hydrogens is 502 g/mol. The van der Waals surface area contributed by atoms with Gasteiger partial charge in [-0.1, -0.05) is 67.1 Å². The van der Waals surface area contributed by atoms with Crippen molar-refractivity contribution in [2.24, 2.45) is 0 Å². The molecule has 1 aliphatic rings. The summed E-state index contributed by atoms with van der Waals surface area (Å²) in [5, 5.41) is 3.32. The summed E-state index contributed by atoms with van der Waals surface area (Å²) >= 11 is 6.55. The van der Waals surface area contributed by atoms with E-state index in [9.17, 15) is 19.2 Å². The minimum Gasteiger partial charge on any atom is -0.325 e. The maximum Gasteiger partial charge on any atom is 0.262 e. The number of hydrogen-bond acceptors (Lipinski definition) is 4. The molecule has 0 aromatic heterocycles. The standard InChI is InChI=1S/C30H30ClN3O4/c1-5-24(34-28(36)20-14-7-8-15-21(20)29(34)37)30(38)33(6-2)26(22-16-9-10-17-23(22)31)27(35)32-25-18(3)12-11-13-19(25)4/h7-17,24,26H,5-6H2,1-4H3,(H,32,35). The zero-order chi connectivity index (χ0) is 27.6. The van der Waals surface area contributed by atoms with E-state index in [1.54, 1.807) is 62.4 Å². The first-order valence-corrected chi connectivity index (χ1v) is 13.0. The van der Waals surface area contributed by atoms with Crippen LogP contribution in [0.3, 0.4) is 0 Å². The molecule has 3 aromatic rings. The first kappa shape index (κ1) is 27.1. The number of hydrogen-bond donors (Lipinski definition) is 1. The molecule has 0 aliphatic carbocycles. The van der Waals surface area contributed by atoms with E-state index in [0.29, 0.717) is 16.3 Å². The van der Waals surface area contributed by atoms with Crippen LogP contribution in [0.1, 0.15) is 63.7 Å². The Hall–Kier alpha value is -3.97. The lowest BCUT2D eigenvalue weighted by Crippen LogP contribution is -2.53. The Morgan fingerprint density at radius 3 is 1.95 bits per heavy atom. The Morgan fingerprint density at radius 1 is 0.868 bits per heavy atom. The van der Waals surface area contributed by atoms with Crippen molar-refractivity contribution in [3.8, 4) is 0 Å². The van der Waals surface area contributed by atoms with Gasteiger partial charge >= 0.3 is 0 Å². The number of anilines is 1. The van der Waals surface area contributed by atoms with Crippen LogP contribution >= 0.6 is 11.6 Å². The van der Waals surface area contributed by atoms with Crippen molar-refractivity contribution in [1.82, 2.24) is 9.80 Å². The molecule has 8 heteroatoms. The van der Waals surface area contributed by atoms with Gasteiger partial charge in [0.05, 0.1) is 11.1 Å². The van der Waals surface area contributed by atoms with E-state index >= 15 is 0 Å². The van der Waals surface area contributed by atoms with E-state index in [-0.39, 0.29) is 24.1 Å². The van der Waals surface area contributed by atoms with E-state index in [1.165, 1.54) is 4.90 Å². The Balaban J connectivity index is 1.74. The Morgan fingerprint density at radius 2 is 1.42 bits per heavy atom. The summed E-state index contributed by atoms with van der Waals surface area (Å²) < 4.78 is 0. The lowest BCUT2D eigenvalue weighted by molar-refractivity contribution is -0.142. The number of amides is 4. The van der Waals surface area contributed by atoms with Crippen LogP contribution in [0.2, 0.25) is 5.02 Å². The predicted molar refractivity (Wildman–Crippen MR) is 147 cm³/mol. The predicted octanol–water partition coefficient (Wildman–Crippen LogP) is 5.56. The van der Waals surface area contributed by atoms with E-state index in [2.05, 4.69) is 5.32 Å². The molecule has 1 heterocycles. The number of aryl methyl sites for hydroxylation is 2. The van der Waals surface area contributed by atoms with Gasteiger partial charge in [0.25, 0.3) is 17.7 Å². The van der Waals surface area contributed by atoms with Crippen LogP contribution in [0.25, 0.3) is 0 Å². The Bertz CT molecular complexity index is 1360. The average molecular weight is 532 g/mol. The molecule has 2 atom stereocenters. The average Bonchev–Trinajstić information content (AvgIpc) is 3.16. The van der Waals surface area contributed by atoms with Gasteiger partial charge in [-0.2, -0.15) is 0 Å². The van der Waals surface area contributed by atoms with Gasteiger partial charge < -0.3 is 10.2 Å². The van der Waals surface area contributed by atoms with E-state index in [1.807, 2.05) is 32.0 Å². The lowest BCUT2D eigenvalue weighted by Gasteiger charge is -2.35. The van der Waals surface area contributed by atoms with E-state index in [4.69, 9.17) is 11.6 Å². The second kappa shape index (κ2) is 11.2. The Kier molecular flexibility index (Phi) is 7.97. The molecule has 0 fully saturated rings. The molecule has 2 unspecified atom stereocenters. The van der Waals surface area contributed by atoms with E-state index < -0.39 is 35.7 Å². The fraction of sp³-hybridized carbons (Fsp3) is 0.267. The quantitative estimate of drug-likeness (QED) is 0.385. The van der Waals surface area contributed by atoms with Crippen LogP contribution in [0.4, 0.5) is 5.69 Å². The highest BCUT2D eigenvalue weighted by Gasteiger charge is 2.45. The van der Waals surface area contributed by atoms with Crippen molar-refractivity contribution in [1.29, 1.82) is 0 Å². The number of likely N-dealkylation sites (N-methyl/N-ethyl adjacent to an activating group) is 1. The van der Waals surface area contributed by atoms with Gasteiger partial charge in [-0.05, 0) is 56.5 Å². The van der Waals surface area contributed by atoms with Crippen molar-refractivity contribution in [3.63, 3.8) is 0 Å². The Labute approximate surface area is 227 Å². The number of halogens is 1. The summed E-state index contributed by atoms with van der Waals surface area (Å²) in [6.45, 7) is 7.43. The number of fused-ring (bicyclic) bond motifs is 1. The molecular formula is C30H30ClN3O4. The summed E-state index contributed by atoms with van der Waals surface area (Å²) in [5.41, 5.74) is 3.39. The number of nitrogens with zero attached hydrogens (tertiary/aromatic N) is 2. The molecule has 3 aromatic carbocycles. The lowest BCUT2D eigenvalue weighted by atomic mass is 10.0. The normalized spacial score (nSPS) is 14.2. The molecule has 1 aliphatic heterocycles. The zero-order valence-electron chi connectivity index (χ0n) is 21.8. The minimum atomic E-state index is -1.09. The molecule has 0 spiro atoms. The van der Waals surface area contributed by atoms with Gasteiger partial charge in [0, 0.05) is 22.8 Å². The summed E-state index contributed by atoms with van der Waals surface area (Å²) in [4.78, 5) is 56.8. The third-order valence-electron chi connectivity index (χ3n) is 6.92.